The Kier molecular flexibility index (Phi) is 7.24. The van der Waals surface area contributed by atoms with Gasteiger partial charge in [0, 0.05) is 11.8 Å². The number of nitro benzene ring substituents is 1. The van der Waals surface area contributed by atoms with E-state index in [-0.39, 0.29) is 11.3 Å². The van der Waals surface area contributed by atoms with Crippen LogP contribution in [-0.2, 0) is 9.53 Å². The summed E-state index contributed by atoms with van der Waals surface area (Å²) in [4.78, 5) is 34.2. The summed E-state index contributed by atoms with van der Waals surface area (Å²) in [5.74, 6) is -1.47. The monoisotopic (exact) mass is 404 g/mol. The zero-order valence-corrected chi connectivity index (χ0v) is 16.2. The largest absolute Gasteiger partial charge is 0.493 e. The summed E-state index contributed by atoms with van der Waals surface area (Å²) in [6.45, 7) is 5.93. The van der Waals surface area contributed by atoms with E-state index in [1.165, 1.54) is 25.1 Å². The molecule has 0 fully saturated rings. The maximum atomic E-state index is 13.4. The molecule has 0 bridgehead atoms. The minimum atomic E-state index is -1.18. The van der Waals surface area contributed by atoms with Gasteiger partial charge in [-0.3, -0.25) is 14.9 Å². The highest BCUT2D eigenvalue weighted by atomic mass is 19.1. The Hall–Kier alpha value is -3.49. The number of benzene rings is 2. The van der Waals surface area contributed by atoms with Gasteiger partial charge in [0.05, 0.1) is 17.1 Å². The van der Waals surface area contributed by atoms with Crippen LogP contribution in [0.4, 0.5) is 15.8 Å². The Morgan fingerprint density at radius 1 is 1.14 bits per heavy atom. The molecule has 0 aliphatic heterocycles. The van der Waals surface area contributed by atoms with E-state index < -0.39 is 34.4 Å². The summed E-state index contributed by atoms with van der Waals surface area (Å²) in [6, 6.07) is 9.22. The lowest BCUT2D eigenvalue weighted by Gasteiger charge is -2.14. The molecule has 0 aromatic heterocycles. The van der Waals surface area contributed by atoms with Crippen LogP contribution in [0.2, 0.25) is 0 Å². The minimum Gasteiger partial charge on any atom is -0.493 e. The lowest BCUT2D eigenvalue weighted by atomic mass is 10.2. The first-order chi connectivity index (χ1) is 13.7. The maximum absolute atomic E-state index is 13.4. The van der Waals surface area contributed by atoms with Gasteiger partial charge in [-0.25, -0.2) is 4.79 Å². The Balaban J connectivity index is 1.96. The Morgan fingerprint density at radius 2 is 1.79 bits per heavy atom. The molecule has 1 unspecified atom stereocenters. The van der Waals surface area contributed by atoms with Crippen LogP contribution in [0.1, 0.15) is 31.1 Å². The Morgan fingerprint density at radius 3 is 2.38 bits per heavy atom. The molecule has 0 radical (unpaired) electrons. The lowest BCUT2D eigenvalue weighted by Crippen LogP contribution is -2.30. The number of ether oxygens (including phenoxy) is 2. The summed E-state index contributed by atoms with van der Waals surface area (Å²) in [7, 11) is 0. The molecule has 2 aromatic rings. The first kappa shape index (κ1) is 21.8. The van der Waals surface area contributed by atoms with Gasteiger partial charge in [-0.15, -0.1) is 0 Å². The molecule has 0 spiro atoms. The number of rotatable bonds is 8. The number of halogens is 1. The molecule has 0 saturated heterocycles. The number of hydrogen-bond donors (Lipinski definition) is 1. The zero-order valence-electron chi connectivity index (χ0n) is 16.2. The fraction of sp³-hybridized carbons (Fsp3) is 0.300. The van der Waals surface area contributed by atoms with Crippen molar-refractivity contribution < 1.29 is 28.4 Å². The molecule has 9 heteroatoms. The second-order valence-electron chi connectivity index (χ2n) is 6.69. The third kappa shape index (κ3) is 6.27. The van der Waals surface area contributed by atoms with E-state index >= 15 is 0 Å². The van der Waals surface area contributed by atoms with Crippen molar-refractivity contribution in [2.24, 2.45) is 5.92 Å². The van der Waals surface area contributed by atoms with Crippen molar-refractivity contribution in [3.05, 3.63) is 64.0 Å². The summed E-state index contributed by atoms with van der Waals surface area (Å²) >= 11 is 0. The van der Waals surface area contributed by atoms with Crippen molar-refractivity contribution in [3.8, 4) is 5.75 Å². The number of nitrogens with one attached hydrogen (secondary N) is 1. The molecule has 0 heterocycles. The van der Waals surface area contributed by atoms with Crippen LogP contribution in [-0.4, -0.2) is 29.5 Å². The summed E-state index contributed by atoms with van der Waals surface area (Å²) in [5, 5.41) is 13.1. The predicted octanol–water partition coefficient (Wildman–Crippen LogP) is 3.95. The number of anilines is 1. The van der Waals surface area contributed by atoms with Crippen molar-refractivity contribution in [1.82, 2.24) is 0 Å². The van der Waals surface area contributed by atoms with E-state index in [2.05, 4.69) is 5.32 Å². The zero-order chi connectivity index (χ0) is 21.6. The smallest absolute Gasteiger partial charge is 0.338 e. The van der Waals surface area contributed by atoms with Crippen molar-refractivity contribution in [2.75, 3.05) is 11.9 Å². The highest BCUT2D eigenvalue weighted by molar-refractivity contribution is 5.97. The molecule has 8 nitrogen and oxygen atoms in total. The average molecular weight is 404 g/mol. The van der Waals surface area contributed by atoms with Gasteiger partial charge in [-0.2, -0.15) is 4.39 Å². The molecule has 0 aliphatic rings. The van der Waals surface area contributed by atoms with Crippen molar-refractivity contribution in [1.29, 1.82) is 0 Å². The normalized spacial score (nSPS) is 11.6. The van der Waals surface area contributed by atoms with Gasteiger partial charge in [0.15, 0.2) is 6.10 Å². The molecule has 29 heavy (non-hydrogen) atoms. The Bertz CT molecular complexity index is 898. The quantitative estimate of drug-likeness (QED) is 0.405. The topological polar surface area (TPSA) is 108 Å². The number of carbonyl (C=O) groups excluding carboxylic acids is 2. The average Bonchev–Trinajstić information content (AvgIpc) is 2.67. The molecule has 154 valence electrons. The fourth-order valence-electron chi connectivity index (χ4n) is 2.21. The van der Waals surface area contributed by atoms with E-state index in [9.17, 15) is 24.1 Å². The van der Waals surface area contributed by atoms with Gasteiger partial charge in [-0.1, -0.05) is 13.8 Å². The van der Waals surface area contributed by atoms with Gasteiger partial charge in [-0.05, 0) is 49.2 Å². The number of hydrogen-bond acceptors (Lipinski definition) is 6. The van der Waals surface area contributed by atoms with E-state index in [1.54, 1.807) is 12.1 Å². The highest BCUT2D eigenvalue weighted by Crippen LogP contribution is 2.22. The molecule has 2 aromatic carbocycles. The molecule has 1 amide bonds. The van der Waals surface area contributed by atoms with Crippen LogP contribution < -0.4 is 10.1 Å². The van der Waals surface area contributed by atoms with Crippen LogP contribution in [0.25, 0.3) is 0 Å². The predicted molar refractivity (Wildman–Crippen MR) is 103 cm³/mol. The second-order valence-corrected chi connectivity index (χ2v) is 6.69. The molecule has 0 saturated carbocycles. The SMILES string of the molecule is CC(C)COc1ccc(C(=O)OC(C)C(=O)Nc2ccc(F)c([N+](=O)[O-])c2)cc1. The van der Waals surface area contributed by atoms with Gasteiger partial charge in [0.2, 0.25) is 5.82 Å². The third-order valence-corrected chi connectivity index (χ3v) is 3.74. The van der Waals surface area contributed by atoms with Gasteiger partial charge in [0.25, 0.3) is 5.91 Å². The van der Waals surface area contributed by atoms with Crippen molar-refractivity contribution in [2.45, 2.75) is 26.9 Å². The highest BCUT2D eigenvalue weighted by Gasteiger charge is 2.21. The minimum absolute atomic E-state index is 0.0117. The van der Waals surface area contributed by atoms with Gasteiger partial charge >= 0.3 is 11.7 Å². The molecule has 1 atom stereocenters. The van der Waals surface area contributed by atoms with E-state index in [1.807, 2.05) is 13.8 Å². The van der Waals surface area contributed by atoms with Crippen LogP contribution in [0.15, 0.2) is 42.5 Å². The van der Waals surface area contributed by atoms with Gasteiger partial charge < -0.3 is 14.8 Å². The maximum Gasteiger partial charge on any atom is 0.338 e. The number of esters is 1. The molecular weight excluding hydrogens is 383 g/mol. The summed E-state index contributed by atoms with van der Waals surface area (Å²) < 4.78 is 24.0. The Labute approximate surface area is 166 Å². The standard InChI is InChI=1S/C20H21FN2O6/c1-12(2)11-28-16-7-4-14(5-8-16)20(25)29-13(3)19(24)22-15-6-9-17(21)18(10-15)23(26)27/h4-10,12-13H,11H2,1-3H3,(H,22,24). The van der Waals surface area contributed by atoms with E-state index in [0.29, 0.717) is 18.3 Å². The fourth-order valence-corrected chi connectivity index (χ4v) is 2.21. The van der Waals surface area contributed by atoms with Crippen LogP contribution in [0.5, 0.6) is 5.75 Å². The van der Waals surface area contributed by atoms with Crippen LogP contribution in [0, 0.1) is 21.8 Å². The molecular formula is C20H21FN2O6. The molecule has 1 N–H and O–H groups in total. The van der Waals surface area contributed by atoms with E-state index in [0.717, 1.165) is 12.1 Å². The summed E-state index contributed by atoms with van der Waals surface area (Å²) in [6.07, 6.45) is -1.18. The first-order valence-electron chi connectivity index (χ1n) is 8.86. The molecule has 2 rings (SSSR count). The van der Waals surface area contributed by atoms with Crippen LogP contribution in [0.3, 0.4) is 0 Å². The van der Waals surface area contributed by atoms with E-state index in [4.69, 9.17) is 9.47 Å². The van der Waals surface area contributed by atoms with Crippen LogP contribution >= 0.6 is 0 Å². The van der Waals surface area contributed by atoms with Gasteiger partial charge in [0.1, 0.15) is 5.75 Å². The number of carbonyl (C=O) groups is 2. The number of nitrogens with zero attached hydrogens (tertiary/aromatic N) is 1. The lowest BCUT2D eigenvalue weighted by molar-refractivity contribution is -0.387. The summed E-state index contributed by atoms with van der Waals surface area (Å²) in [5.41, 5.74) is -0.524. The molecule has 0 aliphatic carbocycles. The van der Waals surface area contributed by atoms with Crippen molar-refractivity contribution >= 4 is 23.3 Å². The third-order valence-electron chi connectivity index (χ3n) is 3.74. The first-order valence-corrected chi connectivity index (χ1v) is 8.86. The number of amides is 1. The van der Waals surface area contributed by atoms with Crippen molar-refractivity contribution in [3.63, 3.8) is 0 Å². The number of nitro groups is 1. The second kappa shape index (κ2) is 9.63.